The maximum atomic E-state index is 13.1. The van der Waals surface area contributed by atoms with Crippen LogP contribution in [0, 0.1) is 5.92 Å². The van der Waals surface area contributed by atoms with E-state index < -0.39 is 10.0 Å². The highest BCUT2D eigenvalue weighted by molar-refractivity contribution is 7.89. The van der Waals surface area contributed by atoms with E-state index in [0.29, 0.717) is 50.9 Å². The predicted molar refractivity (Wildman–Crippen MR) is 122 cm³/mol. The van der Waals surface area contributed by atoms with Crippen molar-refractivity contribution in [1.29, 1.82) is 0 Å². The Hall–Kier alpha value is -2.29. The van der Waals surface area contributed by atoms with Gasteiger partial charge in [0, 0.05) is 25.2 Å². The van der Waals surface area contributed by atoms with Gasteiger partial charge in [0.15, 0.2) is 11.5 Å². The zero-order valence-electron chi connectivity index (χ0n) is 18.0. The van der Waals surface area contributed by atoms with Crippen LogP contribution >= 0.6 is 11.6 Å². The third kappa shape index (κ3) is 5.03. The van der Waals surface area contributed by atoms with Crippen molar-refractivity contribution >= 4 is 27.5 Å². The molecule has 172 valence electrons. The van der Waals surface area contributed by atoms with Crippen LogP contribution in [-0.4, -0.2) is 51.5 Å². The summed E-state index contributed by atoms with van der Waals surface area (Å²) in [6.07, 6.45) is 2.43. The number of nitrogens with one attached hydrogen (secondary N) is 1. The smallest absolute Gasteiger partial charge is 0.251 e. The maximum Gasteiger partial charge on any atom is 0.251 e. The van der Waals surface area contributed by atoms with Crippen molar-refractivity contribution in [3.63, 3.8) is 0 Å². The van der Waals surface area contributed by atoms with Crippen molar-refractivity contribution in [3.05, 3.63) is 52.5 Å². The highest BCUT2D eigenvalue weighted by Crippen LogP contribution is 2.31. The molecule has 0 aliphatic carbocycles. The number of piperidine rings is 1. The van der Waals surface area contributed by atoms with Crippen molar-refractivity contribution in [1.82, 2.24) is 9.62 Å². The van der Waals surface area contributed by atoms with Crippen LogP contribution < -0.4 is 14.8 Å². The Balaban J connectivity index is 1.42. The number of benzene rings is 2. The van der Waals surface area contributed by atoms with Gasteiger partial charge >= 0.3 is 0 Å². The molecular formula is C23H27ClN2O5S. The molecule has 1 fully saturated rings. The SMILES string of the molecule is C[C@@H]1CCCN(S(=O)(=O)c2cc(C(=O)NCCc3ccc4c(c3)OCCO4)ccc2Cl)C1. The molecule has 1 amide bonds. The first-order valence-electron chi connectivity index (χ1n) is 10.8. The molecular weight excluding hydrogens is 452 g/mol. The Morgan fingerprint density at radius 1 is 1.16 bits per heavy atom. The lowest BCUT2D eigenvalue weighted by atomic mass is 10.0. The van der Waals surface area contributed by atoms with Crippen LogP contribution in [0.4, 0.5) is 0 Å². The molecule has 0 spiro atoms. The van der Waals surface area contributed by atoms with Crippen molar-refractivity contribution in [2.75, 3.05) is 32.8 Å². The van der Waals surface area contributed by atoms with Crippen LogP contribution in [0.15, 0.2) is 41.3 Å². The number of nitrogens with zero attached hydrogens (tertiary/aromatic N) is 1. The number of hydrogen-bond acceptors (Lipinski definition) is 5. The number of sulfonamides is 1. The van der Waals surface area contributed by atoms with Gasteiger partial charge in [-0.2, -0.15) is 4.31 Å². The number of halogens is 1. The first-order valence-corrected chi connectivity index (χ1v) is 12.6. The van der Waals surface area contributed by atoms with Gasteiger partial charge < -0.3 is 14.8 Å². The van der Waals surface area contributed by atoms with Crippen molar-refractivity contribution < 1.29 is 22.7 Å². The molecule has 1 saturated heterocycles. The molecule has 1 atom stereocenters. The molecule has 2 aliphatic rings. The number of hydrogen-bond donors (Lipinski definition) is 1. The van der Waals surface area contributed by atoms with E-state index in [1.54, 1.807) is 6.07 Å². The van der Waals surface area contributed by atoms with Crippen LogP contribution in [0.2, 0.25) is 5.02 Å². The summed E-state index contributed by atoms with van der Waals surface area (Å²) in [4.78, 5) is 12.7. The van der Waals surface area contributed by atoms with E-state index in [0.717, 1.165) is 24.2 Å². The summed E-state index contributed by atoms with van der Waals surface area (Å²) in [5.74, 6) is 1.38. The Morgan fingerprint density at radius 3 is 2.72 bits per heavy atom. The van der Waals surface area contributed by atoms with Crippen LogP contribution in [0.1, 0.15) is 35.7 Å². The first-order chi connectivity index (χ1) is 15.3. The minimum Gasteiger partial charge on any atom is -0.486 e. The highest BCUT2D eigenvalue weighted by atomic mass is 35.5. The van der Waals surface area contributed by atoms with Gasteiger partial charge in [-0.15, -0.1) is 0 Å². The summed E-state index contributed by atoms with van der Waals surface area (Å²) in [5.41, 5.74) is 1.27. The second-order valence-electron chi connectivity index (χ2n) is 8.24. The molecule has 2 aromatic rings. The molecule has 9 heteroatoms. The first kappa shape index (κ1) is 22.9. The third-order valence-electron chi connectivity index (χ3n) is 5.74. The Kier molecular flexibility index (Phi) is 6.93. The molecule has 4 rings (SSSR count). The molecule has 0 unspecified atom stereocenters. The zero-order valence-corrected chi connectivity index (χ0v) is 19.5. The maximum absolute atomic E-state index is 13.1. The Labute approximate surface area is 193 Å². The molecule has 2 aliphatic heterocycles. The predicted octanol–water partition coefficient (Wildman–Crippen LogP) is 3.50. The molecule has 0 aromatic heterocycles. The fourth-order valence-corrected chi connectivity index (χ4v) is 6.11. The summed E-state index contributed by atoms with van der Waals surface area (Å²) >= 11 is 6.22. The molecule has 32 heavy (non-hydrogen) atoms. The van der Waals surface area contributed by atoms with Crippen LogP contribution in [0.3, 0.4) is 0 Å². The van der Waals surface area contributed by atoms with Gasteiger partial charge in [0.1, 0.15) is 18.1 Å². The van der Waals surface area contributed by atoms with Gasteiger partial charge in [0.2, 0.25) is 10.0 Å². The lowest BCUT2D eigenvalue weighted by molar-refractivity contribution is 0.0954. The highest BCUT2D eigenvalue weighted by Gasteiger charge is 2.31. The largest absolute Gasteiger partial charge is 0.486 e. The van der Waals surface area contributed by atoms with E-state index in [-0.39, 0.29) is 21.4 Å². The fraction of sp³-hybridized carbons (Fsp3) is 0.435. The van der Waals surface area contributed by atoms with Gasteiger partial charge in [-0.3, -0.25) is 4.79 Å². The van der Waals surface area contributed by atoms with Gasteiger partial charge in [-0.25, -0.2) is 8.42 Å². The summed E-state index contributed by atoms with van der Waals surface area (Å²) in [5, 5.41) is 2.97. The number of carbonyl (C=O) groups is 1. The van der Waals surface area contributed by atoms with Gasteiger partial charge in [-0.1, -0.05) is 24.6 Å². The Bertz CT molecular complexity index is 1110. The molecule has 0 saturated carbocycles. The standard InChI is InChI=1S/C23H27ClN2O5S/c1-16-3-2-10-26(15-16)32(28,29)22-14-18(5-6-19(22)24)23(27)25-9-8-17-4-7-20-21(13-17)31-12-11-30-20/h4-7,13-14,16H,2-3,8-12,15H2,1H3,(H,25,27)/t16-/m1/s1. The van der Waals surface area contributed by atoms with Crippen molar-refractivity contribution in [3.8, 4) is 11.5 Å². The van der Waals surface area contributed by atoms with Crippen molar-refractivity contribution in [2.24, 2.45) is 5.92 Å². The monoisotopic (exact) mass is 478 g/mol. The lowest BCUT2D eigenvalue weighted by Gasteiger charge is -2.30. The molecule has 2 aromatic carbocycles. The quantitative estimate of drug-likeness (QED) is 0.686. The number of ether oxygens (including phenoxy) is 2. The van der Waals surface area contributed by atoms with E-state index in [1.807, 2.05) is 25.1 Å². The Morgan fingerprint density at radius 2 is 1.94 bits per heavy atom. The fourth-order valence-electron chi connectivity index (χ4n) is 4.01. The van der Waals surface area contributed by atoms with Crippen LogP contribution in [0.5, 0.6) is 11.5 Å². The van der Waals surface area contributed by atoms with E-state index in [4.69, 9.17) is 21.1 Å². The average Bonchev–Trinajstić information content (AvgIpc) is 2.79. The average molecular weight is 479 g/mol. The summed E-state index contributed by atoms with van der Waals surface area (Å²) < 4.78 is 38.8. The number of fused-ring (bicyclic) bond motifs is 1. The second kappa shape index (κ2) is 9.68. The summed E-state index contributed by atoms with van der Waals surface area (Å²) in [6, 6.07) is 10.1. The lowest BCUT2D eigenvalue weighted by Crippen LogP contribution is -2.39. The minimum atomic E-state index is -3.76. The number of amides is 1. The van der Waals surface area contributed by atoms with E-state index >= 15 is 0 Å². The van der Waals surface area contributed by atoms with Crippen LogP contribution in [0.25, 0.3) is 0 Å². The topological polar surface area (TPSA) is 84.9 Å². The zero-order chi connectivity index (χ0) is 22.7. The number of rotatable bonds is 6. The summed E-state index contributed by atoms with van der Waals surface area (Å²) in [6.45, 7) is 4.42. The van der Waals surface area contributed by atoms with E-state index in [9.17, 15) is 13.2 Å². The minimum absolute atomic E-state index is 0.0206. The normalized spacial score (nSPS) is 18.9. The number of carbonyl (C=O) groups excluding carboxylic acids is 1. The van der Waals surface area contributed by atoms with Crippen molar-refractivity contribution in [2.45, 2.75) is 31.1 Å². The molecule has 1 N–H and O–H groups in total. The van der Waals surface area contributed by atoms with Gasteiger partial charge in [0.25, 0.3) is 5.91 Å². The van der Waals surface area contributed by atoms with Crippen LogP contribution in [-0.2, 0) is 16.4 Å². The van der Waals surface area contributed by atoms with E-state index in [2.05, 4.69) is 5.32 Å². The third-order valence-corrected chi connectivity index (χ3v) is 8.08. The summed E-state index contributed by atoms with van der Waals surface area (Å²) in [7, 11) is -3.76. The molecule has 0 radical (unpaired) electrons. The van der Waals surface area contributed by atoms with Gasteiger partial charge in [0.05, 0.1) is 5.02 Å². The van der Waals surface area contributed by atoms with E-state index in [1.165, 1.54) is 16.4 Å². The van der Waals surface area contributed by atoms with Gasteiger partial charge in [-0.05, 0) is 61.1 Å². The second-order valence-corrected chi connectivity index (χ2v) is 10.6. The molecule has 0 bridgehead atoms. The molecule has 2 heterocycles. The molecule has 7 nitrogen and oxygen atoms in total.